The lowest BCUT2D eigenvalue weighted by molar-refractivity contribution is 0.187. The second-order valence-electron chi connectivity index (χ2n) is 6.99. The SMILES string of the molecule is CCS(=O)(=O)Oc1ccc(CN(CC(C)C)C(=O)NCc2ccccc2)cc1. The van der Waals surface area contributed by atoms with Crippen molar-refractivity contribution >= 4 is 16.1 Å². The Balaban J connectivity index is 2.01. The van der Waals surface area contributed by atoms with Crippen molar-refractivity contribution in [3.8, 4) is 5.75 Å². The maximum Gasteiger partial charge on any atom is 0.317 e. The molecule has 0 spiro atoms. The number of hydrogen-bond acceptors (Lipinski definition) is 4. The van der Waals surface area contributed by atoms with Crippen molar-refractivity contribution in [1.29, 1.82) is 0 Å². The van der Waals surface area contributed by atoms with Crippen molar-refractivity contribution in [1.82, 2.24) is 10.2 Å². The summed E-state index contributed by atoms with van der Waals surface area (Å²) >= 11 is 0. The zero-order valence-electron chi connectivity index (χ0n) is 16.6. The minimum absolute atomic E-state index is 0.0848. The van der Waals surface area contributed by atoms with Crippen LogP contribution in [-0.4, -0.2) is 31.6 Å². The monoisotopic (exact) mass is 404 g/mol. The van der Waals surface area contributed by atoms with Crippen molar-refractivity contribution in [2.75, 3.05) is 12.3 Å². The minimum Gasteiger partial charge on any atom is -0.382 e. The van der Waals surface area contributed by atoms with Gasteiger partial charge in [-0.2, -0.15) is 8.42 Å². The third-order valence-corrected chi connectivity index (χ3v) is 5.19. The number of carbonyl (C=O) groups is 1. The molecular formula is C21H28N2O4S. The van der Waals surface area contributed by atoms with E-state index >= 15 is 0 Å². The molecule has 0 atom stereocenters. The molecule has 0 unspecified atom stereocenters. The van der Waals surface area contributed by atoms with Gasteiger partial charge in [0.2, 0.25) is 0 Å². The van der Waals surface area contributed by atoms with E-state index in [0.29, 0.717) is 25.6 Å². The van der Waals surface area contributed by atoms with Gasteiger partial charge in [0.25, 0.3) is 0 Å². The molecule has 0 heterocycles. The standard InChI is InChI=1S/C21H28N2O4S/c1-4-28(25,26)27-20-12-10-19(11-13-20)16-23(15-17(2)3)21(24)22-14-18-8-6-5-7-9-18/h5-13,17H,4,14-16H2,1-3H3,(H,22,24). The Morgan fingerprint density at radius 3 is 2.25 bits per heavy atom. The van der Waals surface area contributed by atoms with Crippen molar-refractivity contribution < 1.29 is 17.4 Å². The van der Waals surface area contributed by atoms with Crippen LogP contribution < -0.4 is 9.50 Å². The summed E-state index contributed by atoms with van der Waals surface area (Å²) in [5.74, 6) is 0.507. The molecule has 0 bridgehead atoms. The first-order valence-corrected chi connectivity index (χ1v) is 10.9. The van der Waals surface area contributed by atoms with Gasteiger partial charge in [-0.3, -0.25) is 0 Å². The molecule has 2 aromatic carbocycles. The van der Waals surface area contributed by atoms with E-state index in [4.69, 9.17) is 4.18 Å². The van der Waals surface area contributed by atoms with Crippen molar-refractivity contribution in [2.24, 2.45) is 5.92 Å². The predicted octanol–water partition coefficient (Wildman–Crippen LogP) is 3.78. The third-order valence-electron chi connectivity index (χ3n) is 4.03. The number of rotatable bonds is 9. The maximum absolute atomic E-state index is 12.7. The van der Waals surface area contributed by atoms with E-state index in [0.717, 1.165) is 11.1 Å². The summed E-state index contributed by atoms with van der Waals surface area (Å²) in [6.07, 6.45) is 0. The zero-order valence-corrected chi connectivity index (χ0v) is 17.4. The Morgan fingerprint density at radius 2 is 1.68 bits per heavy atom. The summed E-state index contributed by atoms with van der Waals surface area (Å²) in [5, 5.41) is 2.96. The van der Waals surface area contributed by atoms with E-state index in [1.165, 1.54) is 6.92 Å². The summed E-state index contributed by atoms with van der Waals surface area (Å²) in [4.78, 5) is 14.4. The van der Waals surface area contributed by atoms with E-state index in [1.807, 2.05) is 30.3 Å². The Labute approximate surface area is 167 Å². The van der Waals surface area contributed by atoms with Crippen LogP contribution in [0.15, 0.2) is 54.6 Å². The van der Waals surface area contributed by atoms with Gasteiger partial charge >= 0.3 is 16.1 Å². The fourth-order valence-electron chi connectivity index (χ4n) is 2.62. The lowest BCUT2D eigenvalue weighted by atomic mass is 10.1. The molecule has 0 aliphatic rings. The fourth-order valence-corrected chi connectivity index (χ4v) is 3.14. The van der Waals surface area contributed by atoms with Gasteiger partial charge in [0.1, 0.15) is 5.75 Å². The highest BCUT2D eigenvalue weighted by atomic mass is 32.2. The highest BCUT2D eigenvalue weighted by Gasteiger charge is 2.16. The Morgan fingerprint density at radius 1 is 1.04 bits per heavy atom. The first kappa shape index (κ1) is 21.8. The quantitative estimate of drug-likeness (QED) is 0.645. The van der Waals surface area contributed by atoms with E-state index in [-0.39, 0.29) is 17.5 Å². The number of nitrogens with one attached hydrogen (secondary N) is 1. The lowest BCUT2D eigenvalue weighted by Crippen LogP contribution is -2.41. The Hall–Kier alpha value is -2.54. The molecule has 2 aromatic rings. The van der Waals surface area contributed by atoms with E-state index in [9.17, 15) is 13.2 Å². The van der Waals surface area contributed by atoms with Crippen LogP contribution >= 0.6 is 0 Å². The van der Waals surface area contributed by atoms with Crippen LogP contribution in [0.25, 0.3) is 0 Å². The summed E-state index contributed by atoms with van der Waals surface area (Å²) < 4.78 is 28.1. The molecule has 1 N–H and O–H groups in total. The number of urea groups is 1. The summed E-state index contributed by atoms with van der Waals surface area (Å²) in [6.45, 7) is 7.16. The van der Waals surface area contributed by atoms with Gasteiger partial charge in [-0.05, 0) is 36.1 Å². The molecule has 152 valence electrons. The molecule has 0 saturated heterocycles. The molecule has 0 aromatic heterocycles. The largest absolute Gasteiger partial charge is 0.382 e. The summed E-state index contributed by atoms with van der Waals surface area (Å²) in [7, 11) is -3.55. The van der Waals surface area contributed by atoms with Crippen molar-refractivity contribution in [2.45, 2.75) is 33.9 Å². The molecule has 0 fully saturated rings. The highest BCUT2D eigenvalue weighted by Crippen LogP contribution is 2.16. The molecule has 28 heavy (non-hydrogen) atoms. The van der Waals surface area contributed by atoms with E-state index in [2.05, 4.69) is 19.2 Å². The average Bonchev–Trinajstić information content (AvgIpc) is 2.67. The Bertz CT molecular complexity index is 850. The molecule has 0 aliphatic carbocycles. The second kappa shape index (κ2) is 10.1. The van der Waals surface area contributed by atoms with Gasteiger partial charge in [-0.1, -0.05) is 56.3 Å². The molecule has 0 saturated carbocycles. The smallest absolute Gasteiger partial charge is 0.317 e. The predicted molar refractivity (Wildman–Crippen MR) is 110 cm³/mol. The molecule has 0 aliphatic heterocycles. The molecule has 0 radical (unpaired) electrons. The van der Waals surface area contributed by atoms with Crippen molar-refractivity contribution in [3.63, 3.8) is 0 Å². The van der Waals surface area contributed by atoms with E-state index < -0.39 is 10.1 Å². The average molecular weight is 405 g/mol. The van der Waals surface area contributed by atoms with Crippen LogP contribution in [-0.2, 0) is 23.2 Å². The van der Waals surface area contributed by atoms with E-state index in [1.54, 1.807) is 29.2 Å². The molecule has 2 amide bonds. The number of carbonyl (C=O) groups excluding carboxylic acids is 1. The molecule has 2 rings (SSSR count). The third kappa shape index (κ3) is 7.23. The molecular weight excluding hydrogens is 376 g/mol. The maximum atomic E-state index is 12.7. The molecule has 7 heteroatoms. The fraction of sp³-hybridized carbons (Fsp3) is 0.381. The van der Waals surface area contributed by atoms with Crippen LogP contribution in [0.3, 0.4) is 0 Å². The lowest BCUT2D eigenvalue weighted by Gasteiger charge is -2.25. The number of amides is 2. The minimum atomic E-state index is -3.55. The first-order chi connectivity index (χ1) is 13.3. The zero-order chi connectivity index (χ0) is 20.6. The number of hydrogen-bond donors (Lipinski definition) is 1. The van der Waals surface area contributed by atoms with Crippen LogP contribution in [0.2, 0.25) is 0 Å². The van der Waals surface area contributed by atoms with Gasteiger partial charge < -0.3 is 14.4 Å². The van der Waals surface area contributed by atoms with Crippen LogP contribution in [0.4, 0.5) is 4.79 Å². The highest BCUT2D eigenvalue weighted by molar-refractivity contribution is 7.87. The Kier molecular flexibility index (Phi) is 7.87. The van der Waals surface area contributed by atoms with Gasteiger partial charge in [-0.15, -0.1) is 0 Å². The van der Waals surface area contributed by atoms with Gasteiger partial charge in [0, 0.05) is 19.6 Å². The van der Waals surface area contributed by atoms with Gasteiger partial charge in [0.05, 0.1) is 5.75 Å². The summed E-state index contributed by atoms with van der Waals surface area (Å²) in [5.41, 5.74) is 1.94. The second-order valence-corrected chi connectivity index (χ2v) is 8.85. The van der Waals surface area contributed by atoms with Crippen LogP contribution in [0, 0.1) is 5.92 Å². The topological polar surface area (TPSA) is 75.7 Å². The normalized spacial score (nSPS) is 11.3. The first-order valence-electron chi connectivity index (χ1n) is 9.37. The van der Waals surface area contributed by atoms with Gasteiger partial charge in [-0.25, -0.2) is 4.79 Å². The van der Waals surface area contributed by atoms with Crippen molar-refractivity contribution in [3.05, 3.63) is 65.7 Å². The number of benzene rings is 2. The summed E-state index contributed by atoms with van der Waals surface area (Å²) in [6, 6.07) is 16.4. The van der Waals surface area contributed by atoms with Gasteiger partial charge in [0.15, 0.2) is 0 Å². The van der Waals surface area contributed by atoms with Crippen LogP contribution in [0.1, 0.15) is 31.9 Å². The van der Waals surface area contributed by atoms with Crippen LogP contribution in [0.5, 0.6) is 5.75 Å². The number of nitrogens with zero attached hydrogens (tertiary/aromatic N) is 1. The molecule has 6 nitrogen and oxygen atoms in total.